The number of nitrogens with zero attached hydrogens (tertiary/aromatic N) is 2. The van der Waals surface area contributed by atoms with Crippen LogP contribution in [-0.4, -0.2) is 46.9 Å². The summed E-state index contributed by atoms with van der Waals surface area (Å²) in [5.41, 5.74) is 7.12. The van der Waals surface area contributed by atoms with Crippen molar-refractivity contribution < 1.29 is 24.1 Å². The van der Waals surface area contributed by atoms with Gasteiger partial charge in [-0.15, -0.1) is 0 Å². The van der Waals surface area contributed by atoms with E-state index in [9.17, 15) is 9.90 Å². The highest BCUT2D eigenvalue weighted by Crippen LogP contribution is 2.45. The number of nitrogens with one attached hydrogen (secondary N) is 1. The van der Waals surface area contributed by atoms with Crippen LogP contribution < -0.4 is 14.2 Å². The van der Waals surface area contributed by atoms with Crippen LogP contribution in [-0.2, 0) is 13.0 Å². The Morgan fingerprint density at radius 1 is 0.886 bits per heavy atom. The SMILES string of the molecule is COc1ccc(CCN2C(=O)c3[nH]nc(-c4cc(C)cc(C)c4O)c3C2c2ccc(OCc3ccccc3)cc2)cc1OC. The molecule has 2 N–H and O–H groups in total. The van der Waals surface area contributed by atoms with E-state index in [4.69, 9.17) is 14.2 Å². The van der Waals surface area contributed by atoms with Gasteiger partial charge in [0.1, 0.15) is 29.5 Å². The average molecular weight is 590 g/mol. The van der Waals surface area contributed by atoms with Crippen molar-refractivity contribution in [2.75, 3.05) is 20.8 Å². The number of ether oxygens (including phenoxy) is 3. The predicted octanol–water partition coefficient (Wildman–Crippen LogP) is 6.78. The molecule has 1 aromatic heterocycles. The van der Waals surface area contributed by atoms with E-state index in [1.165, 1.54) is 0 Å². The molecule has 5 aromatic rings. The van der Waals surface area contributed by atoms with Crippen LogP contribution in [0.2, 0.25) is 0 Å². The topological polar surface area (TPSA) is 96.9 Å². The lowest BCUT2D eigenvalue weighted by molar-refractivity contribution is 0.0746. The number of carbonyl (C=O) groups excluding carboxylic acids is 1. The van der Waals surface area contributed by atoms with Crippen LogP contribution in [0.25, 0.3) is 11.3 Å². The van der Waals surface area contributed by atoms with E-state index < -0.39 is 6.04 Å². The zero-order valence-corrected chi connectivity index (χ0v) is 25.3. The first-order valence-corrected chi connectivity index (χ1v) is 14.5. The molecule has 1 atom stereocenters. The normalized spacial score (nSPS) is 14.0. The van der Waals surface area contributed by atoms with Crippen molar-refractivity contribution in [2.24, 2.45) is 0 Å². The molecular weight excluding hydrogens is 554 g/mol. The number of methoxy groups -OCH3 is 2. The predicted molar refractivity (Wildman–Crippen MR) is 169 cm³/mol. The largest absolute Gasteiger partial charge is 0.507 e. The molecule has 2 heterocycles. The van der Waals surface area contributed by atoms with Gasteiger partial charge in [-0.2, -0.15) is 5.10 Å². The number of H-pyrrole nitrogens is 1. The summed E-state index contributed by atoms with van der Waals surface area (Å²) in [6, 6.07) is 27.1. The maximum atomic E-state index is 13.9. The second-order valence-corrected chi connectivity index (χ2v) is 11.0. The molecule has 4 aromatic carbocycles. The van der Waals surface area contributed by atoms with Crippen molar-refractivity contribution in [3.63, 3.8) is 0 Å². The Kier molecular flexibility index (Phi) is 7.98. The quantitative estimate of drug-likeness (QED) is 0.186. The molecule has 6 rings (SSSR count). The highest BCUT2D eigenvalue weighted by molar-refractivity contribution is 6.00. The standard InChI is InChI=1S/C36H35N3O5/c1-22-18-23(2)35(40)28(19-22)32-31-33(38-37-32)36(41)39(17-16-24-10-15-29(42-3)30(20-24)43-4)34(31)26-11-13-27(14-12-26)44-21-25-8-6-5-7-9-25/h5-15,18-20,34,40H,16-17,21H2,1-4H3,(H,37,38). The second kappa shape index (κ2) is 12.2. The van der Waals surface area contributed by atoms with Crippen molar-refractivity contribution in [1.29, 1.82) is 0 Å². The van der Waals surface area contributed by atoms with Crippen molar-refractivity contribution in [1.82, 2.24) is 15.1 Å². The van der Waals surface area contributed by atoms with Gasteiger partial charge in [0.15, 0.2) is 11.5 Å². The molecule has 1 aliphatic heterocycles. The van der Waals surface area contributed by atoms with Crippen molar-refractivity contribution >= 4 is 5.91 Å². The van der Waals surface area contributed by atoms with Gasteiger partial charge in [-0.05, 0) is 78.4 Å². The van der Waals surface area contributed by atoms with E-state index in [1.54, 1.807) is 14.2 Å². The third-order valence-electron chi connectivity index (χ3n) is 8.10. The van der Waals surface area contributed by atoms with Crippen LogP contribution in [0.3, 0.4) is 0 Å². The van der Waals surface area contributed by atoms with Gasteiger partial charge in [0, 0.05) is 17.7 Å². The van der Waals surface area contributed by atoms with Crippen LogP contribution in [0.1, 0.15) is 49.9 Å². The Bertz CT molecular complexity index is 1800. The van der Waals surface area contributed by atoms with E-state index >= 15 is 0 Å². The van der Waals surface area contributed by atoms with Crippen molar-refractivity contribution in [3.05, 3.63) is 124 Å². The van der Waals surface area contributed by atoms with Crippen LogP contribution in [0.4, 0.5) is 0 Å². The molecule has 1 aliphatic rings. The van der Waals surface area contributed by atoms with Crippen molar-refractivity contribution in [2.45, 2.75) is 32.9 Å². The summed E-state index contributed by atoms with van der Waals surface area (Å²) in [4.78, 5) is 15.8. The number of aromatic nitrogens is 2. The van der Waals surface area contributed by atoms with Gasteiger partial charge < -0.3 is 24.2 Å². The third kappa shape index (κ3) is 5.46. The van der Waals surface area contributed by atoms with Gasteiger partial charge in [0.05, 0.1) is 20.3 Å². The number of carbonyl (C=O) groups is 1. The van der Waals surface area contributed by atoms with Gasteiger partial charge in [-0.3, -0.25) is 9.89 Å². The molecule has 0 saturated heterocycles. The molecule has 224 valence electrons. The summed E-state index contributed by atoms with van der Waals surface area (Å²) in [5.74, 6) is 2.04. The lowest BCUT2D eigenvalue weighted by Gasteiger charge is -2.27. The number of benzene rings is 4. The maximum absolute atomic E-state index is 13.9. The van der Waals surface area contributed by atoms with Gasteiger partial charge in [-0.1, -0.05) is 54.6 Å². The fourth-order valence-corrected chi connectivity index (χ4v) is 5.89. The Hall–Kier alpha value is -5.24. The summed E-state index contributed by atoms with van der Waals surface area (Å²) >= 11 is 0. The first-order valence-electron chi connectivity index (χ1n) is 14.5. The Labute approximate surface area is 256 Å². The van der Waals surface area contributed by atoms with Crippen LogP contribution in [0, 0.1) is 13.8 Å². The van der Waals surface area contributed by atoms with Crippen molar-refractivity contribution in [3.8, 4) is 34.3 Å². The Morgan fingerprint density at radius 3 is 2.36 bits per heavy atom. The number of fused-ring (bicyclic) bond motifs is 1. The number of hydrogen-bond acceptors (Lipinski definition) is 6. The number of amides is 1. The zero-order chi connectivity index (χ0) is 30.8. The molecule has 0 saturated carbocycles. The molecule has 1 amide bonds. The van der Waals surface area contributed by atoms with E-state index in [-0.39, 0.29) is 11.7 Å². The third-order valence-corrected chi connectivity index (χ3v) is 8.10. The van der Waals surface area contributed by atoms with Crippen LogP contribution >= 0.6 is 0 Å². The molecule has 0 radical (unpaired) electrons. The van der Waals surface area contributed by atoms with Gasteiger partial charge in [-0.25, -0.2) is 0 Å². The second-order valence-electron chi connectivity index (χ2n) is 11.0. The average Bonchev–Trinajstić information content (AvgIpc) is 3.59. The van der Waals surface area contributed by atoms with E-state index in [0.29, 0.717) is 48.0 Å². The number of aromatic amines is 1. The molecule has 8 nitrogen and oxygen atoms in total. The minimum Gasteiger partial charge on any atom is -0.507 e. The van der Waals surface area contributed by atoms with E-state index in [2.05, 4.69) is 10.2 Å². The fraction of sp³-hybridized carbons (Fsp3) is 0.222. The maximum Gasteiger partial charge on any atom is 0.273 e. The summed E-state index contributed by atoms with van der Waals surface area (Å²) in [7, 11) is 3.22. The molecular formula is C36H35N3O5. The van der Waals surface area contributed by atoms with Crippen LogP contribution in [0.5, 0.6) is 23.0 Å². The highest BCUT2D eigenvalue weighted by Gasteiger charge is 2.42. The highest BCUT2D eigenvalue weighted by atomic mass is 16.5. The number of rotatable bonds is 10. The molecule has 0 bridgehead atoms. The van der Waals surface area contributed by atoms with E-state index in [0.717, 1.165) is 39.1 Å². The molecule has 0 aliphatic carbocycles. The summed E-state index contributed by atoms with van der Waals surface area (Å²) in [6.07, 6.45) is 0.600. The van der Waals surface area contributed by atoms with Gasteiger partial charge in [0.2, 0.25) is 0 Å². The lowest BCUT2D eigenvalue weighted by atomic mass is 9.94. The molecule has 44 heavy (non-hydrogen) atoms. The van der Waals surface area contributed by atoms with Gasteiger partial charge in [0.25, 0.3) is 5.91 Å². The lowest BCUT2D eigenvalue weighted by Crippen LogP contribution is -2.31. The smallest absolute Gasteiger partial charge is 0.273 e. The first kappa shape index (κ1) is 28.9. The molecule has 1 unspecified atom stereocenters. The van der Waals surface area contributed by atoms with E-state index in [1.807, 2.05) is 104 Å². The monoisotopic (exact) mass is 589 g/mol. The number of aromatic hydroxyl groups is 1. The number of phenols is 1. The number of hydrogen-bond donors (Lipinski definition) is 2. The summed E-state index contributed by atoms with van der Waals surface area (Å²) < 4.78 is 16.9. The minimum atomic E-state index is -0.421. The Morgan fingerprint density at radius 2 is 1.64 bits per heavy atom. The molecule has 0 fully saturated rings. The molecule has 8 heteroatoms. The summed E-state index contributed by atoms with van der Waals surface area (Å²) in [6.45, 7) is 4.76. The zero-order valence-electron chi connectivity index (χ0n) is 25.3. The molecule has 0 spiro atoms. The fourth-order valence-electron chi connectivity index (χ4n) is 5.89. The Balaban J connectivity index is 1.35. The first-order chi connectivity index (χ1) is 21.4. The summed E-state index contributed by atoms with van der Waals surface area (Å²) in [5, 5.41) is 18.6. The number of phenolic OH excluding ortho intramolecular Hbond substituents is 1. The van der Waals surface area contributed by atoms with Crippen LogP contribution in [0.15, 0.2) is 84.9 Å². The number of aryl methyl sites for hydroxylation is 2. The van der Waals surface area contributed by atoms with Gasteiger partial charge >= 0.3 is 0 Å². The minimum absolute atomic E-state index is 0.141.